The number of rotatable bonds is 4. The number of urea groups is 1. The molecule has 0 radical (unpaired) electrons. The van der Waals surface area contributed by atoms with Crippen molar-refractivity contribution in [3.63, 3.8) is 0 Å². The number of benzene rings is 2. The van der Waals surface area contributed by atoms with E-state index in [1.165, 1.54) is 11.0 Å². The van der Waals surface area contributed by atoms with Crippen molar-refractivity contribution < 1.29 is 27.5 Å². The molecule has 9 heteroatoms. The Hall–Kier alpha value is -3.23. The molecule has 3 amide bonds. The van der Waals surface area contributed by atoms with Crippen LogP contribution < -0.4 is 10.1 Å². The fourth-order valence-corrected chi connectivity index (χ4v) is 3.86. The number of amides is 3. The van der Waals surface area contributed by atoms with Gasteiger partial charge in [-0.15, -0.1) is 0 Å². The van der Waals surface area contributed by atoms with Gasteiger partial charge in [0.25, 0.3) is 0 Å². The predicted molar refractivity (Wildman–Crippen MR) is 107 cm³/mol. The second-order valence-corrected chi connectivity index (χ2v) is 7.71. The quantitative estimate of drug-likeness (QED) is 0.800. The van der Waals surface area contributed by atoms with Gasteiger partial charge >= 0.3 is 12.2 Å². The maximum Gasteiger partial charge on any atom is 0.416 e. The molecule has 0 bridgehead atoms. The molecule has 2 aromatic rings. The van der Waals surface area contributed by atoms with Crippen molar-refractivity contribution in [2.45, 2.75) is 18.6 Å². The van der Waals surface area contributed by atoms with Crippen molar-refractivity contribution in [3.05, 3.63) is 53.6 Å². The number of halogens is 3. The molecule has 0 spiro atoms. The summed E-state index contributed by atoms with van der Waals surface area (Å²) in [5, 5.41) is 2.94. The fraction of sp³-hybridized carbons (Fsp3) is 0.364. The van der Waals surface area contributed by atoms with Crippen molar-refractivity contribution in [1.29, 1.82) is 0 Å². The van der Waals surface area contributed by atoms with E-state index in [2.05, 4.69) is 5.32 Å². The smallest absolute Gasteiger partial charge is 0.416 e. The van der Waals surface area contributed by atoms with Gasteiger partial charge in [-0.2, -0.15) is 13.2 Å². The molecule has 2 aliphatic rings. The highest BCUT2D eigenvalue weighted by atomic mass is 19.4. The number of likely N-dealkylation sites (N-methyl/N-ethyl adjacent to an activating group) is 1. The van der Waals surface area contributed by atoms with Crippen LogP contribution in [0, 0.1) is 0 Å². The van der Waals surface area contributed by atoms with E-state index < -0.39 is 11.7 Å². The monoisotopic (exact) mass is 433 g/mol. The van der Waals surface area contributed by atoms with E-state index in [9.17, 15) is 22.8 Å². The van der Waals surface area contributed by atoms with Crippen LogP contribution in [0.5, 0.6) is 5.75 Å². The number of carbonyl (C=O) groups excluding carboxylic acids is 2. The molecule has 1 unspecified atom stereocenters. The molecule has 0 saturated carbocycles. The standard InChI is InChI=1S/C22H22F3N3O3/c1-27-8-9-28(21(27)30)13-20(29)26-18-7-10-31-19-6-5-15(12-17(18)19)14-3-2-4-16(11-14)22(23,24)25/h2-6,11-12,18H,7-10,13H2,1H3,(H,26,29). The SMILES string of the molecule is CN1CCN(CC(=O)NC2CCOc3ccc(-c4cccc(C(F)(F)F)c4)cc32)C1=O. The van der Waals surface area contributed by atoms with Crippen molar-refractivity contribution >= 4 is 11.9 Å². The van der Waals surface area contributed by atoms with Gasteiger partial charge in [-0.1, -0.05) is 18.2 Å². The molecule has 1 saturated heterocycles. The normalized spacial score (nSPS) is 18.6. The first-order valence-electron chi connectivity index (χ1n) is 9.96. The molecule has 1 fully saturated rings. The molecule has 31 heavy (non-hydrogen) atoms. The van der Waals surface area contributed by atoms with E-state index in [1.807, 2.05) is 0 Å². The average Bonchev–Trinajstić information content (AvgIpc) is 3.05. The lowest BCUT2D eigenvalue weighted by molar-refractivity contribution is -0.137. The van der Waals surface area contributed by atoms with Gasteiger partial charge in [0.1, 0.15) is 12.3 Å². The Bertz CT molecular complexity index is 1010. The Labute approximate surface area is 177 Å². The number of fused-ring (bicyclic) bond motifs is 1. The lowest BCUT2D eigenvalue weighted by Gasteiger charge is -2.28. The van der Waals surface area contributed by atoms with Crippen LogP contribution in [0.1, 0.15) is 23.6 Å². The molecule has 164 valence electrons. The summed E-state index contributed by atoms with van der Waals surface area (Å²) < 4.78 is 44.9. The molecule has 1 atom stereocenters. The zero-order chi connectivity index (χ0) is 22.2. The highest BCUT2D eigenvalue weighted by molar-refractivity contribution is 5.85. The van der Waals surface area contributed by atoms with E-state index in [-0.39, 0.29) is 24.5 Å². The van der Waals surface area contributed by atoms with Crippen molar-refractivity contribution in [3.8, 4) is 16.9 Å². The van der Waals surface area contributed by atoms with Gasteiger partial charge in [-0.05, 0) is 35.4 Å². The highest BCUT2D eigenvalue weighted by Crippen LogP contribution is 2.37. The van der Waals surface area contributed by atoms with Gasteiger partial charge in [0.15, 0.2) is 0 Å². The number of alkyl halides is 3. The van der Waals surface area contributed by atoms with Gasteiger partial charge in [0.2, 0.25) is 5.91 Å². The second-order valence-electron chi connectivity index (χ2n) is 7.71. The van der Waals surface area contributed by atoms with Crippen LogP contribution in [0.4, 0.5) is 18.0 Å². The van der Waals surface area contributed by atoms with Crippen LogP contribution in [0.15, 0.2) is 42.5 Å². The minimum Gasteiger partial charge on any atom is -0.493 e. The summed E-state index contributed by atoms with van der Waals surface area (Å²) in [5.74, 6) is 0.301. The largest absolute Gasteiger partial charge is 0.493 e. The Morgan fingerprint density at radius 3 is 2.65 bits per heavy atom. The molecule has 4 rings (SSSR count). The average molecular weight is 433 g/mol. The van der Waals surface area contributed by atoms with Gasteiger partial charge in [-0.25, -0.2) is 4.79 Å². The molecule has 2 heterocycles. The number of nitrogens with one attached hydrogen (secondary N) is 1. The van der Waals surface area contributed by atoms with Gasteiger partial charge in [0, 0.05) is 32.1 Å². The van der Waals surface area contributed by atoms with Gasteiger partial charge in [-0.3, -0.25) is 4.79 Å². The zero-order valence-corrected chi connectivity index (χ0v) is 16.9. The van der Waals surface area contributed by atoms with Gasteiger partial charge in [0.05, 0.1) is 18.2 Å². The number of hydrogen-bond acceptors (Lipinski definition) is 3. The maximum atomic E-state index is 13.1. The third-order valence-electron chi connectivity index (χ3n) is 5.54. The van der Waals surface area contributed by atoms with E-state index in [0.717, 1.165) is 12.1 Å². The lowest BCUT2D eigenvalue weighted by atomic mass is 9.94. The van der Waals surface area contributed by atoms with Crippen LogP contribution in [0.3, 0.4) is 0 Å². The van der Waals surface area contributed by atoms with E-state index in [1.54, 1.807) is 36.2 Å². The van der Waals surface area contributed by atoms with Gasteiger partial charge < -0.3 is 19.9 Å². The van der Waals surface area contributed by atoms with Crippen molar-refractivity contribution in [2.24, 2.45) is 0 Å². The first kappa shape index (κ1) is 21.0. The summed E-state index contributed by atoms with van der Waals surface area (Å²) in [6, 6.07) is 9.76. The first-order valence-corrected chi connectivity index (χ1v) is 9.96. The molecular weight excluding hydrogens is 411 g/mol. The molecule has 0 aliphatic carbocycles. The number of carbonyl (C=O) groups is 2. The third kappa shape index (κ3) is 4.45. The summed E-state index contributed by atoms with van der Waals surface area (Å²) in [6.07, 6.45) is -3.90. The molecule has 2 aliphatic heterocycles. The Morgan fingerprint density at radius 1 is 1.16 bits per heavy atom. The van der Waals surface area contributed by atoms with Crippen LogP contribution in [-0.4, -0.2) is 55.0 Å². The zero-order valence-electron chi connectivity index (χ0n) is 16.9. The fourth-order valence-electron chi connectivity index (χ4n) is 3.86. The van der Waals surface area contributed by atoms with E-state index in [0.29, 0.717) is 48.6 Å². The van der Waals surface area contributed by atoms with E-state index in [4.69, 9.17) is 4.74 Å². The molecular formula is C22H22F3N3O3. The summed E-state index contributed by atoms with van der Waals surface area (Å²) in [4.78, 5) is 27.6. The van der Waals surface area contributed by atoms with Crippen LogP contribution in [0.25, 0.3) is 11.1 Å². The Kier molecular flexibility index (Phi) is 5.51. The van der Waals surface area contributed by atoms with Crippen LogP contribution >= 0.6 is 0 Å². The predicted octanol–water partition coefficient (Wildman–Crippen LogP) is 3.68. The van der Waals surface area contributed by atoms with Crippen molar-refractivity contribution in [1.82, 2.24) is 15.1 Å². The summed E-state index contributed by atoms with van der Waals surface area (Å²) in [5.41, 5.74) is 1.02. The minimum absolute atomic E-state index is 0.0385. The van der Waals surface area contributed by atoms with Crippen LogP contribution in [-0.2, 0) is 11.0 Å². The minimum atomic E-state index is -4.43. The molecule has 0 aromatic heterocycles. The second kappa shape index (κ2) is 8.13. The highest BCUT2D eigenvalue weighted by Gasteiger charge is 2.31. The number of hydrogen-bond donors (Lipinski definition) is 1. The topological polar surface area (TPSA) is 61.9 Å². The number of nitrogens with zero attached hydrogens (tertiary/aromatic N) is 2. The summed E-state index contributed by atoms with van der Waals surface area (Å²) in [7, 11) is 1.68. The third-order valence-corrected chi connectivity index (χ3v) is 5.54. The van der Waals surface area contributed by atoms with Crippen LogP contribution in [0.2, 0.25) is 0 Å². The Morgan fingerprint density at radius 2 is 1.94 bits per heavy atom. The molecule has 2 aromatic carbocycles. The maximum absolute atomic E-state index is 13.1. The summed E-state index contributed by atoms with van der Waals surface area (Å²) in [6.45, 7) is 1.44. The van der Waals surface area contributed by atoms with Crippen molar-refractivity contribution in [2.75, 3.05) is 33.3 Å². The molecule has 1 N–H and O–H groups in total. The molecule has 6 nitrogen and oxygen atoms in total. The summed E-state index contributed by atoms with van der Waals surface area (Å²) >= 11 is 0. The Balaban J connectivity index is 1.54. The first-order chi connectivity index (χ1) is 14.7. The van der Waals surface area contributed by atoms with E-state index >= 15 is 0 Å². The number of ether oxygens (including phenoxy) is 1. The lowest BCUT2D eigenvalue weighted by Crippen LogP contribution is -2.41.